The Morgan fingerprint density at radius 2 is 1.68 bits per heavy atom. The molecule has 0 saturated carbocycles. The highest BCUT2D eigenvalue weighted by Crippen LogP contribution is 2.28. The van der Waals surface area contributed by atoms with Crippen molar-refractivity contribution in [3.8, 4) is 11.5 Å². The van der Waals surface area contributed by atoms with Gasteiger partial charge in [0.15, 0.2) is 11.9 Å². The van der Waals surface area contributed by atoms with Gasteiger partial charge in [-0.15, -0.1) is 10.2 Å². The first-order valence-corrected chi connectivity index (χ1v) is 9.45. The van der Waals surface area contributed by atoms with Gasteiger partial charge in [0.1, 0.15) is 17.3 Å². The van der Waals surface area contributed by atoms with Crippen molar-refractivity contribution in [1.29, 1.82) is 0 Å². The van der Waals surface area contributed by atoms with E-state index in [1.54, 1.807) is 45.2 Å². The van der Waals surface area contributed by atoms with Crippen molar-refractivity contribution in [2.75, 3.05) is 7.11 Å². The van der Waals surface area contributed by atoms with E-state index < -0.39 is 11.4 Å². The molecule has 2 aromatic carbocycles. The van der Waals surface area contributed by atoms with Crippen LogP contribution in [0.15, 0.2) is 58.2 Å². The van der Waals surface area contributed by atoms with Gasteiger partial charge in [0.05, 0.1) is 12.4 Å². The summed E-state index contributed by atoms with van der Waals surface area (Å²) in [4.78, 5) is 12.6. The maximum atomic E-state index is 13.0. The highest BCUT2D eigenvalue weighted by Gasteiger charge is 2.22. The number of halogens is 1. The fourth-order valence-electron chi connectivity index (χ4n) is 2.39. The molecule has 0 fully saturated rings. The highest BCUT2D eigenvalue weighted by molar-refractivity contribution is 8.00. The second-order valence-electron chi connectivity index (χ2n) is 5.97. The Labute approximate surface area is 166 Å². The molecule has 146 valence electrons. The maximum absolute atomic E-state index is 13.0. The van der Waals surface area contributed by atoms with Gasteiger partial charge in [-0.25, -0.2) is 4.39 Å². The molecule has 0 unspecified atom stereocenters. The number of hydrogen-bond acceptors (Lipinski definition) is 7. The zero-order valence-electron chi connectivity index (χ0n) is 15.6. The van der Waals surface area contributed by atoms with E-state index >= 15 is 0 Å². The monoisotopic (exact) mass is 402 g/mol. The predicted molar refractivity (Wildman–Crippen MR) is 102 cm³/mol. The van der Waals surface area contributed by atoms with Crippen LogP contribution in [0.1, 0.15) is 36.2 Å². The number of Topliss-reactive ketones (excluding diaryl/α,β-unsaturated/α-hetero) is 1. The maximum Gasteiger partial charge on any atom is 0.277 e. The molecule has 0 aliphatic carbocycles. The second-order valence-corrected chi connectivity index (χ2v) is 7.27. The van der Waals surface area contributed by atoms with Crippen LogP contribution >= 0.6 is 11.8 Å². The molecular weight excluding hydrogens is 383 g/mol. The summed E-state index contributed by atoms with van der Waals surface area (Å²) < 4.78 is 29.3. The van der Waals surface area contributed by atoms with E-state index in [-0.39, 0.29) is 22.7 Å². The largest absolute Gasteiger partial charge is 0.497 e. The first kappa shape index (κ1) is 19.9. The third-order valence-electron chi connectivity index (χ3n) is 3.92. The van der Waals surface area contributed by atoms with E-state index in [4.69, 9.17) is 13.9 Å². The Morgan fingerprint density at radius 1 is 1.04 bits per heavy atom. The zero-order valence-corrected chi connectivity index (χ0v) is 16.4. The molecular formula is C20H19FN2O4S. The van der Waals surface area contributed by atoms with Crippen LogP contribution in [0.25, 0.3) is 0 Å². The second kappa shape index (κ2) is 8.88. The number of aromatic nitrogens is 2. The summed E-state index contributed by atoms with van der Waals surface area (Å²) in [5.41, 5.74) is 0.577. The van der Waals surface area contributed by atoms with E-state index in [2.05, 4.69) is 10.2 Å². The molecule has 0 radical (unpaired) electrons. The van der Waals surface area contributed by atoms with Crippen LogP contribution in [0, 0.1) is 5.82 Å². The normalized spacial score (nSPS) is 13.0. The van der Waals surface area contributed by atoms with Gasteiger partial charge in [0.2, 0.25) is 0 Å². The quantitative estimate of drug-likeness (QED) is 0.399. The molecule has 3 aromatic rings. The molecule has 1 heterocycles. The van der Waals surface area contributed by atoms with Crippen LogP contribution in [0.2, 0.25) is 0 Å². The van der Waals surface area contributed by atoms with Gasteiger partial charge < -0.3 is 13.9 Å². The van der Waals surface area contributed by atoms with Gasteiger partial charge in [-0.1, -0.05) is 11.8 Å². The Hall–Kier alpha value is -2.87. The summed E-state index contributed by atoms with van der Waals surface area (Å²) in [5.74, 6) is 1.06. The molecule has 2 atom stereocenters. The number of rotatable bonds is 8. The lowest BCUT2D eigenvalue weighted by Gasteiger charge is -2.10. The first-order valence-electron chi connectivity index (χ1n) is 8.57. The van der Waals surface area contributed by atoms with Crippen LogP contribution < -0.4 is 9.47 Å². The number of nitrogens with zero attached hydrogens (tertiary/aromatic N) is 2. The van der Waals surface area contributed by atoms with E-state index in [1.165, 1.54) is 36.0 Å². The first-order chi connectivity index (χ1) is 13.5. The highest BCUT2D eigenvalue weighted by atomic mass is 32.2. The number of benzene rings is 2. The topological polar surface area (TPSA) is 74.5 Å². The molecule has 0 aliphatic heterocycles. The standard InChI is InChI=1S/C20H19FN2O4S/c1-12(26-17-10-6-15(21)7-11-17)19-22-23-20(27-19)28-13(2)18(24)14-4-8-16(25-3)9-5-14/h4-13H,1-3H3/t12-,13-/m1/s1. The Morgan fingerprint density at radius 3 is 2.32 bits per heavy atom. The number of carbonyl (C=O) groups is 1. The van der Waals surface area contributed by atoms with Gasteiger partial charge >= 0.3 is 0 Å². The molecule has 0 bridgehead atoms. The lowest BCUT2D eigenvalue weighted by atomic mass is 10.1. The molecule has 1 aromatic heterocycles. The van der Waals surface area contributed by atoms with Crippen molar-refractivity contribution in [2.45, 2.75) is 30.4 Å². The predicted octanol–water partition coefficient (Wildman–Crippen LogP) is 4.72. The minimum absolute atomic E-state index is 0.0528. The number of thioether (sulfide) groups is 1. The summed E-state index contributed by atoms with van der Waals surface area (Å²) in [6.45, 7) is 3.52. The summed E-state index contributed by atoms with van der Waals surface area (Å²) in [7, 11) is 1.57. The van der Waals surface area contributed by atoms with E-state index in [9.17, 15) is 9.18 Å². The van der Waals surface area contributed by atoms with E-state index in [0.717, 1.165) is 0 Å². The van der Waals surface area contributed by atoms with Gasteiger partial charge in [0, 0.05) is 5.56 Å². The molecule has 6 nitrogen and oxygen atoms in total. The van der Waals surface area contributed by atoms with Crippen molar-refractivity contribution in [2.24, 2.45) is 0 Å². The number of hydrogen-bond donors (Lipinski definition) is 0. The number of methoxy groups -OCH3 is 1. The van der Waals surface area contributed by atoms with Crippen LogP contribution in [-0.4, -0.2) is 28.3 Å². The van der Waals surface area contributed by atoms with Crippen molar-refractivity contribution in [3.63, 3.8) is 0 Å². The van der Waals surface area contributed by atoms with Crippen molar-refractivity contribution < 1.29 is 23.1 Å². The van der Waals surface area contributed by atoms with Crippen molar-refractivity contribution >= 4 is 17.5 Å². The Kier molecular flexibility index (Phi) is 6.30. The molecule has 0 N–H and O–H groups in total. The minimum atomic E-state index is -0.514. The SMILES string of the molecule is COc1ccc(C(=O)[C@@H](C)Sc2nnc([C@@H](C)Oc3ccc(F)cc3)o2)cc1. The average Bonchev–Trinajstić information content (AvgIpc) is 3.18. The number of ketones is 1. The van der Waals surface area contributed by atoms with Crippen molar-refractivity contribution in [1.82, 2.24) is 10.2 Å². The fraction of sp³-hybridized carbons (Fsp3) is 0.250. The van der Waals surface area contributed by atoms with Crippen LogP contribution in [-0.2, 0) is 0 Å². The summed E-state index contributed by atoms with van der Waals surface area (Å²) >= 11 is 1.18. The number of carbonyl (C=O) groups excluding carboxylic acids is 1. The third-order valence-corrected chi connectivity index (χ3v) is 4.85. The van der Waals surface area contributed by atoms with Crippen molar-refractivity contribution in [3.05, 3.63) is 65.8 Å². The van der Waals surface area contributed by atoms with Crippen LogP contribution in [0.5, 0.6) is 11.5 Å². The molecule has 0 aliphatic rings. The van der Waals surface area contributed by atoms with Gasteiger partial charge in [0.25, 0.3) is 11.1 Å². The third kappa shape index (κ3) is 4.89. The minimum Gasteiger partial charge on any atom is -0.497 e. The summed E-state index contributed by atoms with van der Waals surface area (Å²) in [6.07, 6.45) is -0.514. The summed E-state index contributed by atoms with van der Waals surface area (Å²) in [5, 5.41) is 7.81. The van der Waals surface area contributed by atoms with Gasteiger partial charge in [-0.05, 0) is 62.4 Å². The molecule has 28 heavy (non-hydrogen) atoms. The zero-order chi connectivity index (χ0) is 20.1. The lowest BCUT2D eigenvalue weighted by Crippen LogP contribution is -2.13. The Bertz CT molecular complexity index is 928. The van der Waals surface area contributed by atoms with E-state index in [0.29, 0.717) is 17.1 Å². The lowest BCUT2D eigenvalue weighted by molar-refractivity contribution is 0.0993. The molecule has 0 saturated heterocycles. The van der Waals surface area contributed by atoms with Gasteiger partial charge in [-0.2, -0.15) is 0 Å². The fourth-order valence-corrected chi connectivity index (χ4v) is 3.16. The van der Waals surface area contributed by atoms with E-state index in [1.807, 2.05) is 0 Å². The smallest absolute Gasteiger partial charge is 0.277 e. The molecule has 8 heteroatoms. The summed E-state index contributed by atoms with van der Waals surface area (Å²) in [6, 6.07) is 12.6. The average molecular weight is 402 g/mol. The van der Waals surface area contributed by atoms with Crippen LogP contribution in [0.4, 0.5) is 4.39 Å². The van der Waals surface area contributed by atoms with Crippen LogP contribution in [0.3, 0.4) is 0 Å². The molecule has 0 amide bonds. The van der Waals surface area contributed by atoms with Gasteiger partial charge in [-0.3, -0.25) is 4.79 Å². The number of ether oxygens (including phenoxy) is 2. The molecule has 0 spiro atoms. The Balaban J connectivity index is 1.61. The molecule has 3 rings (SSSR count).